The van der Waals surface area contributed by atoms with Crippen molar-refractivity contribution >= 4 is 5.97 Å². The summed E-state index contributed by atoms with van der Waals surface area (Å²) in [6.07, 6.45) is -11.9. The van der Waals surface area contributed by atoms with Crippen LogP contribution in [0.5, 0.6) is 0 Å². The molecule has 23 atom stereocenters. The van der Waals surface area contributed by atoms with Gasteiger partial charge in [-0.1, -0.05) is 13.8 Å². The van der Waals surface area contributed by atoms with Gasteiger partial charge in [-0.25, -0.2) is 4.79 Å². The first-order valence-electron chi connectivity index (χ1n) is 21.8. The maximum Gasteiger partial charge on any atom is 0.331 e. The predicted octanol–water partition coefficient (Wildman–Crippen LogP) is -1.24. The van der Waals surface area contributed by atoms with Crippen LogP contribution in [0.2, 0.25) is 0 Å². The van der Waals surface area contributed by atoms with Crippen LogP contribution in [-0.2, 0) is 42.7 Å². The zero-order valence-corrected chi connectivity index (χ0v) is 34.8. The molecule has 0 unspecified atom stereocenters. The molecule has 0 spiro atoms. The van der Waals surface area contributed by atoms with Crippen molar-refractivity contribution in [2.24, 2.45) is 34.5 Å². The molecule has 4 aliphatic carbocycles. The van der Waals surface area contributed by atoms with Gasteiger partial charge in [0.1, 0.15) is 73.8 Å². The van der Waals surface area contributed by atoms with E-state index >= 15 is 0 Å². The average molecular weight is 859 g/mol. The van der Waals surface area contributed by atoms with Crippen LogP contribution < -0.4 is 0 Å². The second-order valence-electron chi connectivity index (χ2n) is 19.4. The number of cyclic esters (lactones) is 1. The first kappa shape index (κ1) is 45.1. The molecule has 0 aromatic rings. The summed E-state index contributed by atoms with van der Waals surface area (Å²) in [6, 6.07) is 0. The Labute approximate surface area is 349 Å². The van der Waals surface area contributed by atoms with Crippen molar-refractivity contribution in [3.63, 3.8) is 0 Å². The average Bonchev–Trinajstić information content (AvgIpc) is 3.78. The molecule has 18 heteroatoms. The summed E-state index contributed by atoms with van der Waals surface area (Å²) < 4.78 is 46.6. The third kappa shape index (κ3) is 7.50. The number of hydrogen-bond donors (Lipinski definition) is 9. The van der Waals surface area contributed by atoms with Gasteiger partial charge in [0.25, 0.3) is 0 Å². The lowest BCUT2D eigenvalue weighted by Crippen LogP contribution is -2.65. The number of carbonyl (C=O) groups is 1. The maximum absolute atomic E-state index is 12.6. The highest BCUT2D eigenvalue weighted by atomic mass is 16.8. The molecule has 3 saturated heterocycles. The number of carbonyl (C=O) groups excluding carboxylic acids is 1. The van der Waals surface area contributed by atoms with Crippen molar-refractivity contribution in [2.75, 3.05) is 26.9 Å². The Hall–Kier alpha value is -1.43. The molecule has 0 radical (unpaired) electrons. The van der Waals surface area contributed by atoms with Gasteiger partial charge in [0.05, 0.1) is 31.0 Å². The lowest BCUT2D eigenvalue weighted by atomic mass is 9.43. The van der Waals surface area contributed by atoms with Gasteiger partial charge in [-0.3, -0.25) is 0 Å². The largest absolute Gasteiger partial charge is 0.458 e. The lowest BCUT2D eigenvalue weighted by Gasteiger charge is -2.64. The van der Waals surface area contributed by atoms with Gasteiger partial charge in [0.15, 0.2) is 18.9 Å². The van der Waals surface area contributed by atoms with Gasteiger partial charge < -0.3 is 83.9 Å². The smallest absolute Gasteiger partial charge is 0.331 e. The molecule has 0 aromatic heterocycles. The van der Waals surface area contributed by atoms with E-state index in [-0.39, 0.29) is 34.7 Å². The molecule has 18 nitrogen and oxygen atoms in total. The number of rotatable bonds is 10. The topological polar surface area (TPSA) is 273 Å². The van der Waals surface area contributed by atoms with Gasteiger partial charge in [-0.15, -0.1) is 0 Å². The van der Waals surface area contributed by atoms with Crippen LogP contribution in [0, 0.1) is 34.5 Å². The van der Waals surface area contributed by atoms with E-state index in [1.807, 2.05) is 0 Å². The fourth-order valence-corrected chi connectivity index (χ4v) is 13.0. The van der Waals surface area contributed by atoms with Crippen LogP contribution in [-0.4, -0.2) is 183 Å². The predicted molar refractivity (Wildman–Crippen MR) is 203 cm³/mol. The Bertz CT molecular complexity index is 1570. The summed E-state index contributed by atoms with van der Waals surface area (Å²) in [6.45, 7) is 5.42. The SMILES string of the molecule is CO[C@H]1[C@H](O)[C@@H](O[C@H]2CC[C@@]3(C)[C@@H](CC[C@@H]4[C@@H]3CC[C@]3(C)[C@H](C5=CC(=O)OC5)CC[C@]43O)C2)O[C@@H](C)[C@@H]1O[C@H]1O[C@@H](CO[C@H]2O[C@@H](CO)[C@H](O)[C@@H](O)[C@@H]2O)[C@H](O)[C@@H](O)[C@@H]1O. The van der Waals surface area contributed by atoms with E-state index in [0.717, 1.165) is 63.4 Å². The Morgan fingerprint density at radius 2 is 1.42 bits per heavy atom. The number of aliphatic hydroxyl groups is 9. The van der Waals surface area contributed by atoms with Crippen molar-refractivity contribution in [3.05, 3.63) is 11.6 Å². The Balaban J connectivity index is 0.875. The molecular formula is C42H66O18. The quantitative estimate of drug-likeness (QED) is 0.0918. The summed E-state index contributed by atoms with van der Waals surface area (Å²) in [4.78, 5) is 12.0. The minimum absolute atomic E-state index is 0.00760. The summed E-state index contributed by atoms with van der Waals surface area (Å²) in [5.41, 5.74) is -0.0850. The standard InChI is InChI=1S/C42H66O18/c1-18-35(60-38-33(50)31(48)29(46)26(59-38)17-55-37-32(49)30(47)28(45)25(15-43)58-37)36(53-4)34(51)39(56-18)57-21-7-10-40(2)20(14-21)5-6-24-23(40)8-11-41(3)22(9-12-42(24,41)52)19-13-27(44)54-16-19/h13,18,20-26,28-39,43,45-52H,5-12,14-17H2,1-4H3/t18-,20-,21-,22-,23-,24+,25-,26-,28-,29-,30+,31+,32-,33-,34-,35-,36-,37-,38+,39+,40-,41+,42-/m0/s1. The van der Waals surface area contributed by atoms with Crippen molar-refractivity contribution in [1.29, 1.82) is 0 Å². The fraction of sp³-hybridized carbons (Fsp3) is 0.929. The Kier molecular flexibility index (Phi) is 12.9. The first-order valence-corrected chi connectivity index (χ1v) is 21.8. The van der Waals surface area contributed by atoms with Gasteiger partial charge in [-0.05, 0) is 99.4 Å². The van der Waals surface area contributed by atoms with E-state index in [1.165, 1.54) is 7.11 Å². The number of ether oxygens (including phenoxy) is 8. The van der Waals surface area contributed by atoms with E-state index < -0.39 is 111 Å². The second kappa shape index (κ2) is 17.2. The lowest BCUT2D eigenvalue weighted by molar-refractivity contribution is -0.367. The van der Waals surface area contributed by atoms with Gasteiger partial charge in [0, 0.05) is 18.6 Å². The molecule has 9 N–H and O–H groups in total. The van der Waals surface area contributed by atoms with Crippen LogP contribution in [0.25, 0.3) is 0 Å². The van der Waals surface area contributed by atoms with E-state index in [2.05, 4.69) is 13.8 Å². The molecule has 7 fully saturated rings. The molecule has 8 aliphatic rings. The van der Waals surface area contributed by atoms with Crippen LogP contribution in [0.15, 0.2) is 11.6 Å². The monoisotopic (exact) mass is 858 g/mol. The molecule has 4 aliphatic heterocycles. The van der Waals surface area contributed by atoms with E-state index in [1.54, 1.807) is 13.0 Å². The van der Waals surface area contributed by atoms with Gasteiger partial charge in [-0.2, -0.15) is 0 Å². The van der Waals surface area contributed by atoms with Crippen LogP contribution in [0.4, 0.5) is 0 Å². The highest BCUT2D eigenvalue weighted by molar-refractivity contribution is 5.85. The Morgan fingerprint density at radius 1 is 0.733 bits per heavy atom. The van der Waals surface area contributed by atoms with Gasteiger partial charge in [0.2, 0.25) is 0 Å². The minimum Gasteiger partial charge on any atom is -0.458 e. The zero-order valence-electron chi connectivity index (χ0n) is 34.8. The fourth-order valence-electron chi connectivity index (χ4n) is 13.0. The number of hydrogen-bond acceptors (Lipinski definition) is 18. The molecule has 342 valence electrons. The number of esters is 1. The van der Waals surface area contributed by atoms with Crippen molar-refractivity contribution < 1.29 is 88.6 Å². The summed E-state index contributed by atoms with van der Waals surface area (Å²) >= 11 is 0. The number of methoxy groups -OCH3 is 1. The van der Waals surface area contributed by atoms with E-state index in [0.29, 0.717) is 18.4 Å². The molecule has 4 heterocycles. The van der Waals surface area contributed by atoms with Crippen LogP contribution >= 0.6 is 0 Å². The van der Waals surface area contributed by atoms with E-state index in [9.17, 15) is 50.8 Å². The molecule has 0 amide bonds. The zero-order chi connectivity index (χ0) is 43.1. The summed E-state index contributed by atoms with van der Waals surface area (Å²) in [5.74, 6) is 0.725. The highest BCUT2D eigenvalue weighted by Crippen LogP contribution is 2.70. The van der Waals surface area contributed by atoms with Crippen molar-refractivity contribution in [2.45, 2.75) is 182 Å². The summed E-state index contributed by atoms with van der Waals surface area (Å²) in [5, 5.41) is 96.6. The number of aliphatic hydroxyl groups excluding tert-OH is 8. The molecule has 0 bridgehead atoms. The third-order valence-corrected chi connectivity index (χ3v) is 16.5. The second-order valence-corrected chi connectivity index (χ2v) is 19.4. The van der Waals surface area contributed by atoms with Crippen molar-refractivity contribution in [3.8, 4) is 0 Å². The molecule has 0 aromatic carbocycles. The molecular weight excluding hydrogens is 792 g/mol. The van der Waals surface area contributed by atoms with Gasteiger partial charge >= 0.3 is 5.97 Å². The summed E-state index contributed by atoms with van der Waals surface area (Å²) in [7, 11) is 1.39. The molecule has 60 heavy (non-hydrogen) atoms. The van der Waals surface area contributed by atoms with Crippen molar-refractivity contribution in [1.82, 2.24) is 0 Å². The molecule has 4 saturated carbocycles. The third-order valence-electron chi connectivity index (χ3n) is 16.5. The van der Waals surface area contributed by atoms with E-state index in [4.69, 9.17) is 37.9 Å². The number of fused-ring (bicyclic) bond motifs is 5. The maximum atomic E-state index is 12.6. The van der Waals surface area contributed by atoms with Crippen LogP contribution in [0.3, 0.4) is 0 Å². The highest BCUT2D eigenvalue weighted by Gasteiger charge is 2.68. The Morgan fingerprint density at radius 3 is 2.10 bits per heavy atom. The first-order chi connectivity index (χ1) is 28.4. The normalized spacial score (nSPS) is 54.4. The van der Waals surface area contributed by atoms with Crippen LogP contribution in [0.1, 0.15) is 78.6 Å². The minimum atomic E-state index is -1.77. The molecule has 8 rings (SSSR count).